The Labute approximate surface area is 184 Å². The molecule has 0 spiro atoms. The fraction of sp³-hybridized carbons (Fsp3) is 0.120. The number of carbonyl (C=O) groups excluding carboxylic acids is 1. The van der Waals surface area contributed by atoms with Gasteiger partial charge >= 0.3 is 0 Å². The number of rotatable bonds is 5. The zero-order valence-corrected chi connectivity index (χ0v) is 18.0. The Bertz CT molecular complexity index is 1410. The van der Waals surface area contributed by atoms with Gasteiger partial charge in [-0.3, -0.25) is 9.59 Å². The molecule has 4 rings (SSSR count). The van der Waals surface area contributed by atoms with Crippen molar-refractivity contribution in [3.8, 4) is 22.6 Å². The van der Waals surface area contributed by atoms with Crippen molar-refractivity contribution >= 4 is 22.5 Å². The number of nitrogens with one attached hydrogen (secondary N) is 2. The molecule has 0 unspecified atom stereocenters. The Morgan fingerprint density at radius 3 is 2.56 bits per heavy atom. The highest BCUT2D eigenvalue weighted by molar-refractivity contribution is 6.00. The zero-order chi connectivity index (χ0) is 23.0. The van der Waals surface area contributed by atoms with Crippen molar-refractivity contribution in [2.24, 2.45) is 7.05 Å². The molecule has 2 N–H and O–H groups in total. The number of aryl methyl sites for hydroxylation is 3. The quantitative estimate of drug-likeness (QED) is 0.426. The Morgan fingerprint density at radius 1 is 1.16 bits per heavy atom. The molecule has 1 amide bonds. The predicted octanol–water partition coefficient (Wildman–Crippen LogP) is 5.21. The highest BCUT2D eigenvalue weighted by atomic mass is 19.1. The minimum absolute atomic E-state index is 0.131. The van der Waals surface area contributed by atoms with E-state index < -0.39 is 0 Å². The summed E-state index contributed by atoms with van der Waals surface area (Å²) in [5, 5.41) is 3.28. The number of benzene rings is 2. The molecule has 0 bridgehead atoms. The fourth-order valence-corrected chi connectivity index (χ4v) is 3.75. The van der Waals surface area contributed by atoms with Crippen LogP contribution in [0.15, 0.2) is 66.2 Å². The van der Waals surface area contributed by atoms with Gasteiger partial charge in [0.1, 0.15) is 17.3 Å². The summed E-state index contributed by atoms with van der Waals surface area (Å²) in [5.74, 6) is 0.360. The largest absolute Gasteiger partial charge is 0.456 e. The maximum Gasteiger partial charge on any atom is 0.259 e. The van der Waals surface area contributed by atoms with Crippen LogP contribution < -0.4 is 15.6 Å². The molecule has 0 saturated carbocycles. The summed E-state index contributed by atoms with van der Waals surface area (Å²) < 4.78 is 21.5. The molecule has 0 aliphatic carbocycles. The Kier molecular flexibility index (Phi) is 5.40. The average molecular weight is 431 g/mol. The van der Waals surface area contributed by atoms with Crippen LogP contribution in [0.5, 0.6) is 11.5 Å². The van der Waals surface area contributed by atoms with Crippen molar-refractivity contribution < 1.29 is 13.9 Å². The minimum atomic E-state index is -0.347. The van der Waals surface area contributed by atoms with Crippen molar-refractivity contribution in [3.63, 3.8) is 0 Å². The summed E-state index contributed by atoms with van der Waals surface area (Å²) >= 11 is 0. The van der Waals surface area contributed by atoms with Crippen LogP contribution in [0, 0.1) is 19.7 Å². The van der Waals surface area contributed by atoms with Gasteiger partial charge in [-0.15, -0.1) is 0 Å². The minimum Gasteiger partial charge on any atom is -0.456 e. The van der Waals surface area contributed by atoms with E-state index in [1.807, 2.05) is 0 Å². The molecule has 0 fully saturated rings. The number of aromatic amines is 1. The maximum absolute atomic E-state index is 13.8. The molecule has 7 heteroatoms. The number of H-pyrrole nitrogens is 1. The van der Waals surface area contributed by atoms with Crippen LogP contribution in [0.2, 0.25) is 0 Å². The van der Waals surface area contributed by atoms with Gasteiger partial charge in [0.15, 0.2) is 0 Å². The van der Waals surface area contributed by atoms with Crippen molar-refractivity contribution in [2.45, 2.75) is 13.8 Å². The number of anilines is 1. The lowest BCUT2D eigenvalue weighted by Crippen LogP contribution is -2.16. The molecule has 0 saturated heterocycles. The van der Waals surface area contributed by atoms with E-state index in [1.165, 1.54) is 22.8 Å². The summed E-state index contributed by atoms with van der Waals surface area (Å²) in [4.78, 5) is 27.5. The van der Waals surface area contributed by atoms with E-state index in [4.69, 9.17) is 4.74 Å². The molecule has 4 aromatic rings. The van der Waals surface area contributed by atoms with Crippen molar-refractivity contribution in [1.29, 1.82) is 0 Å². The fourth-order valence-electron chi connectivity index (χ4n) is 3.75. The third-order valence-corrected chi connectivity index (χ3v) is 5.25. The number of aromatic nitrogens is 2. The summed E-state index contributed by atoms with van der Waals surface area (Å²) in [6.45, 7) is 7.04. The first kappa shape index (κ1) is 21.1. The Balaban J connectivity index is 1.94. The van der Waals surface area contributed by atoms with Gasteiger partial charge < -0.3 is 19.6 Å². The van der Waals surface area contributed by atoms with E-state index >= 15 is 0 Å². The van der Waals surface area contributed by atoms with Gasteiger partial charge in [-0.05, 0) is 67.4 Å². The first-order chi connectivity index (χ1) is 15.3. The van der Waals surface area contributed by atoms with Crippen LogP contribution in [0.4, 0.5) is 10.1 Å². The molecule has 6 nitrogen and oxygen atoms in total. The monoisotopic (exact) mass is 431 g/mol. The molecular weight excluding hydrogens is 409 g/mol. The molecule has 2 aromatic carbocycles. The number of hydrogen-bond donors (Lipinski definition) is 2. The van der Waals surface area contributed by atoms with E-state index in [1.54, 1.807) is 57.6 Å². The topological polar surface area (TPSA) is 76.1 Å². The second-order valence-corrected chi connectivity index (χ2v) is 7.60. The summed E-state index contributed by atoms with van der Waals surface area (Å²) in [6.07, 6.45) is 4.60. The van der Waals surface area contributed by atoms with Crippen LogP contribution in [0.3, 0.4) is 0 Å². The van der Waals surface area contributed by atoms with Crippen LogP contribution >= 0.6 is 0 Å². The number of halogens is 1. The molecular formula is C25H22FN3O3. The summed E-state index contributed by atoms with van der Waals surface area (Å²) in [6, 6.07) is 9.76. The van der Waals surface area contributed by atoms with Gasteiger partial charge in [0, 0.05) is 36.3 Å². The van der Waals surface area contributed by atoms with Gasteiger partial charge in [0.05, 0.1) is 10.9 Å². The van der Waals surface area contributed by atoms with Crippen LogP contribution in [-0.2, 0) is 11.8 Å². The number of hydrogen-bond acceptors (Lipinski definition) is 3. The molecule has 0 aliphatic rings. The number of pyridine rings is 1. The van der Waals surface area contributed by atoms with E-state index in [-0.39, 0.29) is 17.3 Å². The van der Waals surface area contributed by atoms with E-state index in [0.717, 1.165) is 0 Å². The van der Waals surface area contributed by atoms with Gasteiger partial charge in [0.2, 0.25) is 5.91 Å². The molecule has 0 radical (unpaired) electrons. The number of amides is 1. The van der Waals surface area contributed by atoms with Gasteiger partial charge in [-0.1, -0.05) is 6.58 Å². The van der Waals surface area contributed by atoms with E-state index in [0.29, 0.717) is 50.3 Å². The summed E-state index contributed by atoms with van der Waals surface area (Å²) in [5.41, 5.74) is 3.74. The molecule has 2 aromatic heterocycles. The highest BCUT2D eigenvalue weighted by Gasteiger charge is 2.17. The normalized spacial score (nSPS) is 10.9. The lowest BCUT2D eigenvalue weighted by Gasteiger charge is -2.17. The first-order valence-electron chi connectivity index (χ1n) is 9.97. The third kappa shape index (κ3) is 3.80. The van der Waals surface area contributed by atoms with Crippen molar-refractivity contribution in [2.75, 3.05) is 5.32 Å². The van der Waals surface area contributed by atoms with E-state index in [2.05, 4.69) is 16.9 Å². The van der Waals surface area contributed by atoms with Gasteiger partial charge in [-0.25, -0.2) is 4.39 Å². The lowest BCUT2D eigenvalue weighted by molar-refractivity contribution is -0.111. The van der Waals surface area contributed by atoms with Crippen LogP contribution in [0.25, 0.3) is 22.0 Å². The number of ether oxygens (including phenoxy) is 1. The standard InChI is InChI=1S/C25H22FN3O3/c1-5-22(30)28-17-6-7-21(32-24-14(2)10-16(26)11-15(24)3)19(12-17)20-13-29(4)25(31)18-8-9-27-23(18)20/h5-13,27H,1H2,2-4H3,(H,28,30). The second-order valence-electron chi connectivity index (χ2n) is 7.60. The predicted molar refractivity (Wildman–Crippen MR) is 124 cm³/mol. The van der Waals surface area contributed by atoms with Crippen molar-refractivity contribution in [3.05, 3.63) is 88.7 Å². The van der Waals surface area contributed by atoms with Crippen LogP contribution in [-0.4, -0.2) is 15.5 Å². The average Bonchev–Trinajstić information content (AvgIpc) is 3.24. The highest BCUT2D eigenvalue weighted by Crippen LogP contribution is 2.39. The molecule has 32 heavy (non-hydrogen) atoms. The number of fused-ring (bicyclic) bond motifs is 1. The van der Waals surface area contributed by atoms with Crippen LogP contribution in [0.1, 0.15) is 11.1 Å². The SMILES string of the molecule is C=CC(=O)Nc1ccc(Oc2c(C)cc(F)cc2C)c(-c2cn(C)c(=O)c3cc[nH]c23)c1. The smallest absolute Gasteiger partial charge is 0.259 e. The zero-order valence-electron chi connectivity index (χ0n) is 18.0. The molecule has 162 valence electrons. The Hall–Kier alpha value is -4.13. The number of carbonyl (C=O) groups is 1. The lowest BCUT2D eigenvalue weighted by atomic mass is 10.0. The van der Waals surface area contributed by atoms with Crippen molar-refractivity contribution in [1.82, 2.24) is 9.55 Å². The molecule has 0 atom stereocenters. The number of nitrogens with zero attached hydrogens (tertiary/aromatic N) is 1. The second kappa shape index (κ2) is 8.19. The van der Waals surface area contributed by atoms with E-state index in [9.17, 15) is 14.0 Å². The molecule has 0 aliphatic heterocycles. The summed E-state index contributed by atoms with van der Waals surface area (Å²) in [7, 11) is 1.68. The maximum atomic E-state index is 13.8. The Morgan fingerprint density at radius 2 is 1.88 bits per heavy atom. The third-order valence-electron chi connectivity index (χ3n) is 5.25. The molecule has 2 heterocycles. The van der Waals surface area contributed by atoms with Gasteiger partial charge in [-0.2, -0.15) is 0 Å². The van der Waals surface area contributed by atoms with Gasteiger partial charge in [0.25, 0.3) is 5.56 Å². The first-order valence-corrected chi connectivity index (χ1v) is 9.97.